The molecule has 1 N–H and O–H groups in total. The number of anilines is 1. The van der Waals surface area contributed by atoms with E-state index in [-0.39, 0.29) is 89.9 Å². The summed E-state index contributed by atoms with van der Waals surface area (Å²) in [7, 11) is 1.75. The maximum atomic E-state index is 17.5. The van der Waals surface area contributed by atoms with Gasteiger partial charge in [0.25, 0.3) is 0 Å². The number of imidazole rings is 1. The zero-order valence-corrected chi connectivity index (χ0v) is 49.5. The minimum Gasteiger partial charge on any atom is -0.461 e. The Hall–Kier alpha value is -7.70. The van der Waals surface area contributed by atoms with Crippen LogP contribution in [0.3, 0.4) is 0 Å². The standard InChI is InChI=1S/C65H75F2N11O8/c1-6-46-49(66)17-14-41-10-7-12-47(53(41)46)55-54(67)56-48(33-68-55)58(75-35-43-15-16-44(36-75)77(43)63(83)86-64(2,3)4)71-60(70-56)85-38-65-25-9-27-76(65)45(20-26-65)37-84-62(82)74-30-23-40(24-31-74)32-39-21-28-73(29-22-39)34-42-11-8-13-50-57(42)72(5)61(81)78(50)51-18-19-52(79)69-59(51)80/h1,7-8,10-14,17,33,39-40,43-45,51H,9,15-16,18-32,34-38H2,2-5H3,(H,69,79,80)/t43-,44+,45-,51?,65+/m0/s1. The molecular weight excluding hydrogens is 1100 g/mol. The van der Waals surface area contributed by atoms with Crippen molar-refractivity contribution in [2.45, 2.75) is 146 Å². The number of ether oxygens (including phenoxy) is 3. The van der Waals surface area contributed by atoms with Crippen molar-refractivity contribution < 1.29 is 42.2 Å². The van der Waals surface area contributed by atoms with Crippen LogP contribution in [-0.2, 0) is 32.7 Å². The number of benzene rings is 3. The lowest BCUT2D eigenvalue weighted by atomic mass is 9.83. The van der Waals surface area contributed by atoms with Crippen molar-refractivity contribution in [1.29, 1.82) is 0 Å². The van der Waals surface area contributed by atoms with Crippen LogP contribution in [0.1, 0.15) is 121 Å². The third-order valence-electron chi connectivity index (χ3n) is 19.7. The highest BCUT2D eigenvalue weighted by Gasteiger charge is 2.51. The number of piperazine rings is 1. The van der Waals surface area contributed by atoms with Gasteiger partial charge < -0.3 is 24.0 Å². The highest BCUT2D eigenvalue weighted by atomic mass is 19.1. The van der Waals surface area contributed by atoms with Crippen LogP contribution in [0.4, 0.5) is 24.2 Å². The first-order chi connectivity index (χ1) is 41.4. The van der Waals surface area contributed by atoms with E-state index in [1.54, 1.807) is 46.6 Å². The number of aryl methyl sites for hydroxylation is 1. The normalized spacial score (nSPS) is 24.2. The Kier molecular flexibility index (Phi) is 15.3. The maximum absolute atomic E-state index is 17.5. The van der Waals surface area contributed by atoms with Crippen LogP contribution in [0.15, 0.2) is 59.5 Å². The molecule has 0 spiro atoms. The molecule has 13 rings (SSSR count). The van der Waals surface area contributed by atoms with Gasteiger partial charge in [0.15, 0.2) is 5.82 Å². The second-order valence-electron chi connectivity index (χ2n) is 26.1. The van der Waals surface area contributed by atoms with Gasteiger partial charge in [-0.15, -0.1) is 6.42 Å². The fourth-order valence-corrected chi connectivity index (χ4v) is 15.5. The lowest BCUT2D eigenvalue weighted by Crippen LogP contribution is -2.57. The number of para-hydroxylation sites is 1. The monoisotopic (exact) mass is 1180 g/mol. The number of piperidine rings is 3. The van der Waals surface area contributed by atoms with Gasteiger partial charge in [0.1, 0.15) is 47.7 Å². The van der Waals surface area contributed by atoms with Gasteiger partial charge in [0.05, 0.1) is 39.6 Å². The summed E-state index contributed by atoms with van der Waals surface area (Å²) in [6.07, 6.45) is 17.4. The van der Waals surface area contributed by atoms with Crippen LogP contribution in [0.25, 0.3) is 44.0 Å². The van der Waals surface area contributed by atoms with Crippen molar-refractivity contribution in [3.8, 4) is 29.6 Å². The van der Waals surface area contributed by atoms with Crippen molar-refractivity contribution in [3.63, 3.8) is 0 Å². The van der Waals surface area contributed by atoms with Gasteiger partial charge in [0, 0.05) is 69.4 Å². The molecule has 0 radical (unpaired) electrons. The summed E-state index contributed by atoms with van der Waals surface area (Å²) in [5.74, 6) is 1.97. The minimum atomic E-state index is -0.724. The number of hydrogen-bond acceptors (Lipinski definition) is 14. The molecule has 0 saturated carbocycles. The Morgan fingerprint density at radius 3 is 2.34 bits per heavy atom. The van der Waals surface area contributed by atoms with Crippen LogP contribution in [0.5, 0.6) is 6.01 Å². The Labute approximate surface area is 498 Å². The van der Waals surface area contributed by atoms with Gasteiger partial charge in [-0.2, -0.15) is 9.97 Å². The number of terminal acetylenes is 1. The number of hydrogen-bond donors (Lipinski definition) is 1. The summed E-state index contributed by atoms with van der Waals surface area (Å²) >= 11 is 0. The van der Waals surface area contributed by atoms with E-state index in [1.807, 2.05) is 42.7 Å². The molecule has 0 aliphatic carbocycles. The fraction of sp³-hybridized carbons (Fsp3) is 0.538. The van der Waals surface area contributed by atoms with E-state index in [0.29, 0.717) is 84.0 Å². The van der Waals surface area contributed by atoms with Gasteiger partial charge >= 0.3 is 23.9 Å². The lowest BCUT2D eigenvalue weighted by Gasteiger charge is -2.42. The van der Waals surface area contributed by atoms with E-state index in [0.717, 1.165) is 101 Å². The molecule has 452 valence electrons. The topological polar surface area (TPSA) is 190 Å². The molecule has 7 saturated heterocycles. The smallest absolute Gasteiger partial charge is 0.410 e. The number of imide groups is 1. The average Bonchev–Trinajstić information content (AvgIpc) is 1.68. The van der Waals surface area contributed by atoms with Crippen molar-refractivity contribution in [3.05, 3.63) is 88.0 Å². The first kappa shape index (κ1) is 57.4. The number of rotatable bonds is 12. The van der Waals surface area contributed by atoms with E-state index in [4.69, 9.17) is 30.6 Å². The molecule has 1 unspecified atom stereocenters. The number of halogens is 2. The molecule has 19 nitrogen and oxygen atoms in total. The third kappa shape index (κ3) is 10.7. The predicted molar refractivity (Wildman–Crippen MR) is 319 cm³/mol. The molecule has 10 heterocycles. The summed E-state index contributed by atoms with van der Waals surface area (Å²) in [5, 5.41) is 3.78. The molecule has 21 heteroatoms. The molecule has 7 aliphatic rings. The van der Waals surface area contributed by atoms with Crippen LogP contribution < -0.4 is 20.6 Å². The molecule has 6 aromatic rings. The molecule has 3 aromatic heterocycles. The van der Waals surface area contributed by atoms with E-state index in [9.17, 15) is 24.0 Å². The van der Waals surface area contributed by atoms with Gasteiger partial charge in [0.2, 0.25) is 11.8 Å². The van der Waals surface area contributed by atoms with Gasteiger partial charge in [-0.3, -0.25) is 43.7 Å². The number of amides is 4. The zero-order chi connectivity index (χ0) is 59.8. The molecule has 4 amide bonds. The van der Waals surface area contributed by atoms with Crippen molar-refractivity contribution in [2.75, 3.05) is 63.9 Å². The number of nitrogens with one attached hydrogen (secondary N) is 1. The second kappa shape index (κ2) is 22.9. The maximum Gasteiger partial charge on any atom is 0.410 e. The first-order valence-electron chi connectivity index (χ1n) is 30.8. The highest BCUT2D eigenvalue weighted by molar-refractivity contribution is 6.02. The van der Waals surface area contributed by atoms with E-state index < -0.39 is 29.2 Å². The van der Waals surface area contributed by atoms with Crippen LogP contribution in [0.2, 0.25) is 0 Å². The summed E-state index contributed by atoms with van der Waals surface area (Å²) in [6.45, 7) is 11.7. The number of fused-ring (bicyclic) bond motifs is 6. The number of nitrogens with zero attached hydrogens (tertiary/aromatic N) is 10. The van der Waals surface area contributed by atoms with E-state index >= 15 is 8.78 Å². The molecule has 7 fully saturated rings. The summed E-state index contributed by atoms with van der Waals surface area (Å²) in [6, 6.07) is 13.0. The molecule has 5 atom stereocenters. The third-order valence-corrected chi connectivity index (χ3v) is 19.7. The van der Waals surface area contributed by atoms with Crippen molar-refractivity contribution >= 4 is 62.5 Å². The van der Waals surface area contributed by atoms with Gasteiger partial charge in [-0.1, -0.05) is 42.3 Å². The summed E-state index contributed by atoms with van der Waals surface area (Å²) in [4.78, 5) is 90.5. The van der Waals surface area contributed by atoms with Crippen LogP contribution >= 0.6 is 0 Å². The minimum absolute atomic E-state index is 0.00142. The fourth-order valence-electron chi connectivity index (χ4n) is 15.5. The Bertz CT molecular complexity index is 3770. The van der Waals surface area contributed by atoms with E-state index in [1.165, 1.54) is 6.07 Å². The molecule has 3 aromatic carbocycles. The number of pyridine rings is 1. The van der Waals surface area contributed by atoms with Crippen molar-refractivity contribution in [1.82, 2.24) is 49.0 Å². The van der Waals surface area contributed by atoms with Crippen LogP contribution in [0, 0.1) is 35.8 Å². The summed E-state index contributed by atoms with van der Waals surface area (Å²) < 4.78 is 54.5. The highest BCUT2D eigenvalue weighted by Crippen LogP contribution is 2.45. The Balaban J connectivity index is 0.638. The van der Waals surface area contributed by atoms with Crippen LogP contribution in [-0.4, -0.2) is 156 Å². The van der Waals surface area contributed by atoms with Gasteiger partial charge in [-0.25, -0.2) is 23.2 Å². The lowest BCUT2D eigenvalue weighted by molar-refractivity contribution is -0.135. The Morgan fingerprint density at radius 1 is 0.860 bits per heavy atom. The molecule has 7 aliphatic heterocycles. The number of likely N-dealkylation sites (tertiary alicyclic amines) is 2. The zero-order valence-electron chi connectivity index (χ0n) is 49.5. The molecular formula is C65H75F2N11O8. The predicted octanol–water partition coefficient (Wildman–Crippen LogP) is 8.85. The largest absolute Gasteiger partial charge is 0.461 e. The van der Waals surface area contributed by atoms with Gasteiger partial charge in [-0.05, 0) is 152 Å². The number of aromatic nitrogens is 5. The SMILES string of the molecule is C#Cc1c(F)ccc2cccc(-c3ncc4c(N5C[C@H]6CC[C@@H](C5)N6C(=O)OC(C)(C)C)nc(OC[C@]56CCCN5[C@H](COC(=O)N5CCC(CC7CCN(Cc8cccc9c8n(C)c(=O)n9C8CCC(=O)NC8=O)CC7)CC5)CC6)nc4c3F)c12. The number of carbonyl (C=O) groups excluding carboxylic acids is 4. The van der Waals surface area contributed by atoms with Crippen molar-refractivity contribution in [2.24, 2.45) is 18.9 Å². The first-order valence-corrected chi connectivity index (χ1v) is 30.8. The summed E-state index contributed by atoms with van der Waals surface area (Å²) in [5.41, 5.74) is 1.58. The quantitative estimate of drug-likeness (QED) is 0.0903. The second-order valence-corrected chi connectivity index (χ2v) is 26.1. The molecule has 86 heavy (non-hydrogen) atoms. The average molecular weight is 1180 g/mol. The van der Waals surface area contributed by atoms with E-state index in [2.05, 4.69) is 37.0 Å². The molecule has 2 bridgehead atoms. The Morgan fingerprint density at radius 2 is 1.60 bits per heavy atom. The number of carbonyl (C=O) groups is 4.